The lowest BCUT2D eigenvalue weighted by Gasteiger charge is -2.16. The molecule has 1 aromatic rings. The molecule has 0 bridgehead atoms. The summed E-state index contributed by atoms with van der Waals surface area (Å²) in [7, 11) is 0. The SMILES string of the molecule is N[C@@H](c1ccc(F)c(/C=C/C(=O)O)c1)C(F)(F)F. The molecule has 0 aliphatic carbocycles. The highest BCUT2D eigenvalue weighted by Gasteiger charge is 2.37. The summed E-state index contributed by atoms with van der Waals surface area (Å²) in [5.74, 6) is -2.16. The van der Waals surface area contributed by atoms with E-state index in [2.05, 4.69) is 0 Å². The van der Waals surface area contributed by atoms with Crippen molar-refractivity contribution in [2.45, 2.75) is 12.2 Å². The molecule has 7 heteroatoms. The standard InChI is InChI=1S/C11H9F4NO2/c12-8-3-1-7(10(16)11(13,14)15)5-6(8)2-4-9(17)18/h1-5,10H,16H2,(H,17,18)/b4-2+/t10-/m0/s1. The summed E-state index contributed by atoms with van der Waals surface area (Å²) in [5.41, 5.74) is 4.35. The van der Waals surface area contributed by atoms with Gasteiger partial charge in [0.25, 0.3) is 0 Å². The quantitative estimate of drug-likeness (QED) is 0.650. The lowest BCUT2D eigenvalue weighted by molar-refractivity contribution is -0.149. The molecule has 0 unspecified atom stereocenters. The maximum atomic E-state index is 13.2. The molecule has 0 aliphatic rings. The Labute approximate surface area is 99.5 Å². The molecule has 98 valence electrons. The number of halogens is 4. The van der Waals surface area contributed by atoms with Crippen LogP contribution in [-0.4, -0.2) is 17.3 Å². The third-order valence-corrected chi connectivity index (χ3v) is 2.14. The van der Waals surface area contributed by atoms with Crippen LogP contribution in [0.2, 0.25) is 0 Å². The minimum Gasteiger partial charge on any atom is -0.478 e. The third-order valence-electron chi connectivity index (χ3n) is 2.14. The topological polar surface area (TPSA) is 63.3 Å². The molecule has 0 spiro atoms. The zero-order valence-electron chi connectivity index (χ0n) is 8.91. The van der Waals surface area contributed by atoms with Crippen molar-refractivity contribution < 1.29 is 27.5 Å². The van der Waals surface area contributed by atoms with Gasteiger partial charge < -0.3 is 10.8 Å². The molecule has 0 aliphatic heterocycles. The number of benzene rings is 1. The van der Waals surface area contributed by atoms with E-state index >= 15 is 0 Å². The van der Waals surface area contributed by atoms with Crippen molar-refractivity contribution in [1.29, 1.82) is 0 Å². The second-order valence-electron chi connectivity index (χ2n) is 3.47. The monoisotopic (exact) mass is 263 g/mol. The van der Waals surface area contributed by atoms with Gasteiger partial charge in [0.2, 0.25) is 0 Å². The molecule has 0 heterocycles. The van der Waals surface area contributed by atoms with Crippen LogP contribution in [0.5, 0.6) is 0 Å². The van der Waals surface area contributed by atoms with Gasteiger partial charge in [-0.3, -0.25) is 0 Å². The van der Waals surface area contributed by atoms with Gasteiger partial charge in [-0.2, -0.15) is 13.2 Å². The molecule has 0 fully saturated rings. The number of rotatable bonds is 3. The van der Waals surface area contributed by atoms with Crippen molar-refractivity contribution >= 4 is 12.0 Å². The largest absolute Gasteiger partial charge is 0.478 e. The van der Waals surface area contributed by atoms with E-state index in [0.29, 0.717) is 6.08 Å². The van der Waals surface area contributed by atoms with E-state index in [1.165, 1.54) is 0 Å². The molecular weight excluding hydrogens is 254 g/mol. The summed E-state index contributed by atoms with van der Waals surface area (Å²) in [6.07, 6.45) is -3.16. The zero-order valence-corrected chi connectivity index (χ0v) is 8.91. The van der Waals surface area contributed by atoms with Crippen LogP contribution >= 0.6 is 0 Å². The van der Waals surface area contributed by atoms with E-state index in [1.54, 1.807) is 0 Å². The Morgan fingerprint density at radius 2 is 2.00 bits per heavy atom. The van der Waals surface area contributed by atoms with Crippen molar-refractivity contribution in [3.63, 3.8) is 0 Å². The first-order valence-electron chi connectivity index (χ1n) is 4.74. The Balaban J connectivity index is 3.12. The van der Waals surface area contributed by atoms with Gasteiger partial charge in [-0.05, 0) is 23.8 Å². The second-order valence-corrected chi connectivity index (χ2v) is 3.47. The van der Waals surface area contributed by atoms with E-state index in [-0.39, 0.29) is 11.1 Å². The van der Waals surface area contributed by atoms with Gasteiger partial charge in [0.15, 0.2) is 0 Å². The van der Waals surface area contributed by atoms with E-state index in [4.69, 9.17) is 10.8 Å². The van der Waals surface area contributed by atoms with Crippen LogP contribution < -0.4 is 5.73 Å². The van der Waals surface area contributed by atoms with E-state index < -0.39 is 24.0 Å². The summed E-state index contributed by atoms with van der Waals surface area (Å²) in [6.45, 7) is 0. The Kier molecular flexibility index (Phi) is 4.07. The summed E-state index contributed by atoms with van der Waals surface area (Å²) < 4.78 is 50.3. The van der Waals surface area contributed by atoms with Crippen LogP contribution in [0.3, 0.4) is 0 Å². The molecule has 0 amide bonds. The van der Waals surface area contributed by atoms with Gasteiger partial charge in [-0.1, -0.05) is 6.07 Å². The highest BCUT2D eigenvalue weighted by molar-refractivity contribution is 5.85. The number of carboxylic acid groups (broad SMARTS) is 1. The van der Waals surface area contributed by atoms with Gasteiger partial charge in [0, 0.05) is 11.6 Å². The van der Waals surface area contributed by atoms with Crippen molar-refractivity contribution in [3.8, 4) is 0 Å². The Bertz CT molecular complexity index is 482. The van der Waals surface area contributed by atoms with Crippen LogP contribution in [0, 0.1) is 5.82 Å². The summed E-state index contributed by atoms with van der Waals surface area (Å²) in [5, 5.41) is 8.36. The first kappa shape index (κ1) is 14.2. The number of carboxylic acids is 1. The van der Waals surface area contributed by atoms with Crippen molar-refractivity contribution in [2.24, 2.45) is 5.73 Å². The lowest BCUT2D eigenvalue weighted by Crippen LogP contribution is -2.28. The number of nitrogens with two attached hydrogens (primary N) is 1. The highest BCUT2D eigenvalue weighted by Crippen LogP contribution is 2.31. The summed E-state index contributed by atoms with van der Waals surface area (Å²) in [6, 6.07) is 0.344. The molecule has 1 atom stereocenters. The van der Waals surface area contributed by atoms with E-state index in [9.17, 15) is 22.4 Å². The number of alkyl halides is 3. The maximum Gasteiger partial charge on any atom is 0.407 e. The van der Waals surface area contributed by atoms with Crippen molar-refractivity contribution in [1.82, 2.24) is 0 Å². The summed E-state index contributed by atoms with van der Waals surface area (Å²) in [4.78, 5) is 10.2. The molecule has 1 aromatic carbocycles. The third kappa shape index (κ3) is 3.56. The smallest absolute Gasteiger partial charge is 0.407 e. The number of hydrogen-bond acceptors (Lipinski definition) is 2. The highest BCUT2D eigenvalue weighted by atomic mass is 19.4. The molecule has 0 aromatic heterocycles. The average Bonchev–Trinajstić information content (AvgIpc) is 2.25. The van der Waals surface area contributed by atoms with Gasteiger partial charge >= 0.3 is 12.1 Å². The first-order chi connectivity index (χ1) is 8.21. The molecular formula is C11H9F4NO2. The fourth-order valence-corrected chi connectivity index (χ4v) is 1.23. The Hall–Kier alpha value is -1.89. The fraction of sp³-hybridized carbons (Fsp3) is 0.182. The van der Waals surface area contributed by atoms with Crippen LogP contribution in [-0.2, 0) is 4.79 Å². The van der Waals surface area contributed by atoms with Crippen LogP contribution in [0.15, 0.2) is 24.3 Å². The molecule has 0 radical (unpaired) electrons. The zero-order chi connectivity index (χ0) is 13.9. The normalized spacial score (nSPS) is 13.8. The molecule has 0 saturated carbocycles. The van der Waals surface area contributed by atoms with Gasteiger partial charge in [0.05, 0.1) is 0 Å². The lowest BCUT2D eigenvalue weighted by atomic mass is 10.0. The minimum absolute atomic E-state index is 0.269. The molecule has 18 heavy (non-hydrogen) atoms. The van der Waals surface area contributed by atoms with Gasteiger partial charge in [-0.25, -0.2) is 9.18 Å². The van der Waals surface area contributed by atoms with Gasteiger partial charge in [0.1, 0.15) is 11.9 Å². The number of carbonyl (C=O) groups is 1. The predicted octanol–water partition coefficient (Wildman–Crippen LogP) is 2.49. The van der Waals surface area contributed by atoms with Crippen LogP contribution in [0.4, 0.5) is 17.6 Å². The average molecular weight is 263 g/mol. The molecule has 0 saturated heterocycles. The molecule has 1 rings (SSSR count). The van der Waals surface area contributed by atoms with Crippen molar-refractivity contribution in [3.05, 3.63) is 41.2 Å². The first-order valence-corrected chi connectivity index (χ1v) is 4.74. The van der Waals surface area contributed by atoms with Crippen LogP contribution in [0.1, 0.15) is 17.2 Å². The fourth-order valence-electron chi connectivity index (χ4n) is 1.23. The minimum atomic E-state index is -4.65. The second kappa shape index (κ2) is 5.18. The molecule has 3 nitrogen and oxygen atoms in total. The molecule has 3 N–H and O–H groups in total. The van der Waals surface area contributed by atoms with E-state index in [0.717, 1.165) is 24.3 Å². The number of hydrogen-bond donors (Lipinski definition) is 2. The van der Waals surface area contributed by atoms with E-state index in [1.807, 2.05) is 0 Å². The Morgan fingerprint density at radius 1 is 1.39 bits per heavy atom. The van der Waals surface area contributed by atoms with Gasteiger partial charge in [-0.15, -0.1) is 0 Å². The van der Waals surface area contributed by atoms with Crippen molar-refractivity contribution in [2.75, 3.05) is 0 Å². The predicted molar refractivity (Wildman–Crippen MR) is 56.1 cm³/mol. The maximum absolute atomic E-state index is 13.2. The summed E-state index contributed by atoms with van der Waals surface area (Å²) >= 11 is 0. The van der Waals surface area contributed by atoms with Crippen LogP contribution in [0.25, 0.3) is 6.08 Å². The Morgan fingerprint density at radius 3 is 2.50 bits per heavy atom. The number of aliphatic carboxylic acids is 1.